The van der Waals surface area contributed by atoms with Crippen molar-refractivity contribution in [1.82, 2.24) is 0 Å². The first kappa shape index (κ1) is 9.70. The van der Waals surface area contributed by atoms with E-state index in [-0.39, 0.29) is 18.5 Å². The number of nitrogens with zero attached hydrogens (tertiary/aromatic N) is 2. The van der Waals surface area contributed by atoms with Crippen molar-refractivity contribution in [3.63, 3.8) is 0 Å². The zero-order valence-electron chi connectivity index (χ0n) is 6.36. The van der Waals surface area contributed by atoms with E-state index in [4.69, 9.17) is 22.3 Å². The molecule has 0 rings (SSSR count). The Balaban J connectivity index is 3.92. The number of guanidine groups is 2. The van der Waals surface area contributed by atoms with Crippen molar-refractivity contribution in [2.45, 2.75) is 13.0 Å². The van der Waals surface area contributed by atoms with Gasteiger partial charge in [0.15, 0.2) is 5.96 Å². The molecule has 0 aliphatic heterocycles. The van der Waals surface area contributed by atoms with Crippen LogP contribution in [-0.2, 0) is 0 Å². The molecule has 64 valence electrons. The maximum atomic E-state index is 8.76. The van der Waals surface area contributed by atoms with Gasteiger partial charge in [-0.2, -0.15) is 4.99 Å². The fourth-order valence-electron chi connectivity index (χ4n) is 0.393. The van der Waals surface area contributed by atoms with E-state index in [9.17, 15) is 0 Å². The summed E-state index contributed by atoms with van der Waals surface area (Å²) in [6.45, 7) is 1.79. The highest BCUT2D eigenvalue weighted by molar-refractivity contribution is 5.92. The van der Waals surface area contributed by atoms with Crippen LogP contribution in [0.15, 0.2) is 9.98 Å². The molecule has 0 fully saturated rings. The van der Waals surface area contributed by atoms with Gasteiger partial charge in [-0.05, 0) is 6.92 Å². The molecule has 0 aromatic carbocycles. The van der Waals surface area contributed by atoms with Gasteiger partial charge >= 0.3 is 0 Å². The first-order valence-electron chi connectivity index (χ1n) is 3.10. The van der Waals surface area contributed by atoms with E-state index < -0.39 is 6.10 Å². The van der Waals surface area contributed by atoms with Crippen molar-refractivity contribution in [1.29, 1.82) is 0 Å². The van der Waals surface area contributed by atoms with Crippen LogP contribution < -0.4 is 17.2 Å². The molecular weight excluding hydrogens is 146 g/mol. The Labute approximate surface area is 64.8 Å². The molecule has 0 saturated heterocycles. The molecule has 6 heteroatoms. The maximum Gasteiger partial charge on any atom is 0.218 e. The molecule has 6 nitrogen and oxygen atoms in total. The number of rotatable bonds is 2. The number of aliphatic hydroxyl groups excluding tert-OH is 1. The molecule has 1 atom stereocenters. The molecule has 0 saturated carbocycles. The second kappa shape index (κ2) is 4.51. The molecule has 0 aliphatic rings. The molecular formula is C5H13N5O. The summed E-state index contributed by atoms with van der Waals surface area (Å²) in [7, 11) is 0. The second-order valence-electron chi connectivity index (χ2n) is 2.08. The standard InChI is InChI=1S/C5H13N5O/c1-3(11)2-9-5(8)10-4(6)7/h3,11H,2H2,1H3,(H6,6,7,8,9,10). The summed E-state index contributed by atoms with van der Waals surface area (Å²) >= 11 is 0. The zero-order chi connectivity index (χ0) is 8.85. The van der Waals surface area contributed by atoms with Gasteiger partial charge in [-0.3, -0.25) is 0 Å². The summed E-state index contributed by atoms with van der Waals surface area (Å²) in [5, 5.41) is 8.76. The Hall–Kier alpha value is -1.30. The van der Waals surface area contributed by atoms with E-state index in [0.29, 0.717) is 0 Å². The van der Waals surface area contributed by atoms with E-state index in [2.05, 4.69) is 9.98 Å². The lowest BCUT2D eigenvalue weighted by molar-refractivity contribution is 0.204. The Morgan fingerprint density at radius 1 is 1.45 bits per heavy atom. The molecule has 0 bridgehead atoms. The van der Waals surface area contributed by atoms with Crippen LogP contribution in [-0.4, -0.2) is 29.7 Å². The summed E-state index contributed by atoms with van der Waals surface area (Å²) in [6, 6.07) is 0. The molecule has 11 heavy (non-hydrogen) atoms. The Kier molecular flexibility index (Phi) is 3.97. The molecule has 0 aromatic heterocycles. The van der Waals surface area contributed by atoms with Gasteiger partial charge in [-0.15, -0.1) is 0 Å². The monoisotopic (exact) mass is 159 g/mol. The molecule has 0 heterocycles. The van der Waals surface area contributed by atoms with Crippen LogP contribution in [0.2, 0.25) is 0 Å². The summed E-state index contributed by atoms with van der Waals surface area (Å²) in [5.74, 6) is -0.164. The topological polar surface area (TPSA) is 123 Å². The van der Waals surface area contributed by atoms with E-state index >= 15 is 0 Å². The fraction of sp³-hybridized carbons (Fsp3) is 0.600. The summed E-state index contributed by atoms with van der Waals surface area (Å²) in [4.78, 5) is 7.10. The lowest BCUT2D eigenvalue weighted by atomic mass is 10.4. The molecule has 0 aliphatic carbocycles. The normalized spacial score (nSPS) is 14.2. The average molecular weight is 159 g/mol. The highest BCUT2D eigenvalue weighted by Crippen LogP contribution is 1.81. The molecule has 0 aromatic rings. The van der Waals surface area contributed by atoms with E-state index in [1.165, 1.54) is 0 Å². The average Bonchev–Trinajstić information content (AvgIpc) is 1.82. The lowest BCUT2D eigenvalue weighted by Crippen LogP contribution is -2.26. The van der Waals surface area contributed by atoms with Gasteiger partial charge in [0.05, 0.1) is 12.6 Å². The predicted molar refractivity (Wildman–Crippen MR) is 44.0 cm³/mol. The van der Waals surface area contributed by atoms with Gasteiger partial charge in [-0.25, -0.2) is 4.99 Å². The molecule has 1 unspecified atom stereocenters. The summed E-state index contributed by atoms with van der Waals surface area (Å²) in [5.41, 5.74) is 15.2. The van der Waals surface area contributed by atoms with Crippen LogP contribution in [0.5, 0.6) is 0 Å². The number of hydrogen-bond donors (Lipinski definition) is 4. The zero-order valence-corrected chi connectivity index (χ0v) is 6.36. The molecule has 7 N–H and O–H groups in total. The van der Waals surface area contributed by atoms with Gasteiger partial charge < -0.3 is 22.3 Å². The van der Waals surface area contributed by atoms with Crippen molar-refractivity contribution in [3.8, 4) is 0 Å². The fourth-order valence-corrected chi connectivity index (χ4v) is 0.393. The smallest absolute Gasteiger partial charge is 0.218 e. The van der Waals surface area contributed by atoms with Crippen molar-refractivity contribution >= 4 is 11.9 Å². The SMILES string of the molecule is CC(O)CN=C(N)N=C(N)N. The van der Waals surface area contributed by atoms with E-state index in [1.807, 2.05) is 0 Å². The van der Waals surface area contributed by atoms with Crippen LogP contribution in [0, 0.1) is 0 Å². The van der Waals surface area contributed by atoms with Crippen molar-refractivity contribution in [3.05, 3.63) is 0 Å². The third kappa shape index (κ3) is 6.59. The molecule has 0 amide bonds. The first-order chi connectivity index (χ1) is 5.02. The Morgan fingerprint density at radius 3 is 2.36 bits per heavy atom. The number of aliphatic hydroxyl groups is 1. The van der Waals surface area contributed by atoms with Crippen molar-refractivity contribution < 1.29 is 5.11 Å². The Bertz CT molecular complexity index is 170. The van der Waals surface area contributed by atoms with Crippen LogP contribution in [0.1, 0.15) is 6.92 Å². The van der Waals surface area contributed by atoms with Crippen molar-refractivity contribution in [2.75, 3.05) is 6.54 Å². The number of aliphatic imine (C=N–C) groups is 2. The second-order valence-corrected chi connectivity index (χ2v) is 2.08. The van der Waals surface area contributed by atoms with Gasteiger partial charge in [0.25, 0.3) is 0 Å². The third-order valence-electron chi connectivity index (χ3n) is 0.761. The summed E-state index contributed by atoms with van der Waals surface area (Å²) < 4.78 is 0. The summed E-state index contributed by atoms with van der Waals surface area (Å²) in [6.07, 6.45) is -0.539. The largest absolute Gasteiger partial charge is 0.391 e. The molecule has 0 radical (unpaired) electrons. The van der Waals surface area contributed by atoms with Gasteiger partial charge in [-0.1, -0.05) is 0 Å². The minimum absolute atomic E-state index is 0.0223. The van der Waals surface area contributed by atoms with Gasteiger partial charge in [0.2, 0.25) is 5.96 Å². The van der Waals surface area contributed by atoms with Crippen LogP contribution in [0.4, 0.5) is 0 Å². The highest BCUT2D eigenvalue weighted by atomic mass is 16.3. The molecule has 0 spiro atoms. The lowest BCUT2D eigenvalue weighted by Gasteiger charge is -1.97. The van der Waals surface area contributed by atoms with Crippen molar-refractivity contribution in [2.24, 2.45) is 27.2 Å². The van der Waals surface area contributed by atoms with E-state index in [1.54, 1.807) is 6.92 Å². The minimum Gasteiger partial charge on any atom is -0.391 e. The number of nitrogens with two attached hydrogens (primary N) is 3. The maximum absolute atomic E-state index is 8.76. The van der Waals surface area contributed by atoms with Gasteiger partial charge in [0, 0.05) is 0 Å². The van der Waals surface area contributed by atoms with E-state index in [0.717, 1.165) is 0 Å². The third-order valence-corrected chi connectivity index (χ3v) is 0.761. The first-order valence-corrected chi connectivity index (χ1v) is 3.10. The highest BCUT2D eigenvalue weighted by Gasteiger charge is 1.93. The Morgan fingerprint density at radius 2 is 2.00 bits per heavy atom. The van der Waals surface area contributed by atoms with Crippen LogP contribution in [0.3, 0.4) is 0 Å². The van der Waals surface area contributed by atoms with Gasteiger partial charge in [0.1, 0.15) is 0 Å². The van der Waals surface area contributed by atoms with Crippen LogP contribution in [0.25, 0.3) is 0 Å². The van der Waals surface area contributed by atoms with Crippen LogP contribution >= 0.6 is 0 Å². The minimum atomic E-state index is -0.539. The predicted octanol–water partition coefficient (Wildman–Crippen LogP) is -2.04. The quantitative estimate of drug-likeness (QED) is 0.273. The number of hydrogen-bond acceptors (Lipinski definition) is 2.